The predicted molar refractivity (Wildman–Crippen MR) is 74.6 cm³/mol. The summed E-state index contributed by atoms with van der Waals surface area (Å²) in [5, 5.41) is 14.5. The van der Waals surface area contributed by atoms with Crippen molar-refractivity contribution in [1.29, 1.82) is 0 Å². The molecule has 0 aromatic heterocycles. The number of aliphatic carboxylic acids is 1. The molecule has 9 heteroatoms. The second kappa shape index (κ2) is 7.85. The van der Waals surface area contributed by atoms with Crippen LogP contribution in [0.2, 0.25) is 0 Å². The van der Waals surface area contributed by atoms with E-state index in [0.29, 0.717) is 13.0 Å². The number of rotatable bonds is 7. The van der Waals surface area contributed by atoms with E-state index in [9.17, 15) is 19.2 Å². The van der Waals surface area contributed by atoms with Crippen LogP contribution in [-0.4, -0.2) is 53.6 Å². The zero-order chi connectivity index (χ0) is 16.8. The summed E-state index contributed by atoms with van der Waals surface area (Å²) in [6.07, 6.45) is 0.953. The molecule has 1 aliphatic heterocycles. The Bertz CT molecular complexity index is 459. The van der Waals surface area contributed by atoms with Crippen molar-refractivity contribution in [3.8, 4) is 0 Å². The first-order chi connectivity index (χ1) is 10.3. The van der Waals surface area contributed by atoms with Crippen LogP contribution in [0, 0.1) is 0 Å². The number of hydrogen-bond acceptors (Lipinski definition) is 7. The molecule has 1 heterocycles. The SMILES string of the molecule is C[C@@]1(C(=O)N[C@@H](CCC(=O)OC(=O)CN)C(=O)O)CCCN1. The molecule has 1 saturated heterocycles. The number of ether oxygens (including phenoxy) is 1. The molecule has 0 aliphatic carbocycles. The molecule has 9 nitrogen and oxygen atoms in total. The molecular weight excluding hydrogens is 294 g/mol. The lowest BCUT2D eigenvalue weighted by Gasteiger charge is -2.25. The van der Waals surface area contributed by atoms with Gasteiger partial charge in [-0.1, -0.05) is 0 Å². The van der Waals surface area contributed by atoms with E-state index in [2.05, 4.69) is 15.4 Å². The van der Waals surface area contributed by atoms with Gasteiger partial charge in [0.1, 0.15) is 6.04 Å². The van der Waals surface area contributed by atoms with E-state index in [1.165, 1.54) is 0 Å². The van der Waals surface area contributed by atoms with Crippen LogP contribution in [0.3, 0.4) is 0 Å². The number of carboxylic acid groups (broad SMARTS) is 1. The topological polar surface area (TPSA) is 148 Å². The molecule has 0 aromatic carbocycles. The van der Waals surface area contributed by atoms with Gasteiger partial charge in [0.15, 0.2) is 0 Å². The Balaban J connectivity index is 2.52. The van der Waals surface area contributed by atoms with Gasteiger partial charge in [0, 0.05) is 6.42 Å². The van der Waals surface area contributed by atoms with E-state index in [4.69, 9.17) is 10.8 Å². The van der Waals surface area contributed by atoms with Crippen LogP contribution in [0.15, 0.2) is 0 Å². The summed E-state index contributed by atoms with van der Waals surface area (Å²) in [4.78, 5) is 45.5. The second-order valence-electron chi connectivity index (χ2n) is 5.32. The van der Waals surface area contributed by atoms with Gasteiger partial charge in [-0.3, -0.25) is 14.4 Å². The summed E-state index contributed by atoms with van der Waals surface area (Å²) in [6, 6.07) is -1.23. The maximum absolute atomic E-state index is 12.1. The molecule has 1 fully saturated rings. The van der Waals surface area contributed by atoms with Crippen molar-refractivity contribution in [2.24, 2.45) is 5.73 Å². The quantitative estimate of drug-likeness (QED) is 0.328. The van der Waals surface area contributed by atoms with Crippen LogP contribution >= 0.6 is 0 Å². The monoisotopic (exact) mass is 315 g/mol. The lowest BCUT2D eigenvalue weighted by Crippen LogP contribution is -2.55. The fourth-order valence-corrected chi connectivity index (χ4v) is 2.15. The van der Waals surface area contributed by atoms with Crippen molar-refractivity contribution in [1.82, 2.24) is 10.6 Å². The van der Waals surface area contributed by atoms with Crippen molar-refractivity contribution in [3.05, 3.63) is 0 Å². The average molecular weight is 315 g/mol. The van der Waals surface area contributed by atoms with Gasteiger partial charge >= 0.3 is 17.9 Å². The zero-order valence-electron chi connectivity index (χ0n) is 12.4. The highest BCUT2D eigenvalue weighted by Crippen LogP contribution is 2.19. The minimum atomic E-state index is -1.26. The lowest BCUT2D eigenvalue weighted by molar-refractivity contribution is -0.158. The van der Waals surface area contributed by atoms with Crippen LogP contribution in [0.1, 0.15) is 32.6 Å². The third-order valence-electron chi connectivity index (χ3n) is 3.50. The largest absolute Gasteiger partial charge is 0.480 e. The van der Waals surface area contributed by atoms with Crippen LogP contribution in [0.5, 0.6) is 0 Å². The second-order valence-corrected chi connectivity index (χ2v) is 5.32. The van der Waals surface area contributed by atoms with Crippen molar-refractivity contribution in [2.45, 2.75) is 44.2 Å². The molecule has 1 amide bonds. The first kappa shape index (κ1) is 18.1. The number of carboxylic acids is 1. The molecule has 124 valence electrons. The van der Waals surface area contributed by atoms with Gasteiger partial charge in [0.25, 0.3) is 0 Å². The Morgan fingerprint density at radius 2 is 2.05 bits per heavy atom. The van der Waals surface area contributed by atoms with Gasteiger partial charge in [-0.05, 0) is 32.7 Å². The molecule has 22 heavy (non-hydrogen) atoms. The Morgan fingerprint density at radius 3 is 2.55 bits per heavy atom. The minimum Gasteiger partial charge on any atom is -0.480 e. The molecule has 0 bridgehead atoms. The van der Waals surface area contributed by atoms with E-state index in [1.54, 1.807) is 6.92 Å². The van der Waals surface area contributed by atoms with Crippen LogP contribution < -0.4 is 16.4 Å². The molecule has 0 saturated carbocycles. The predicted octanol–water partition coefficient (Wildman–Crippen LogP) is -1.49. The number of nitrogens with one attached hydrogen (secondary N) is 2. The highest BCUT2D eigenvalue weighted by Gasteiger charge is 2.37. The van der Waals surface area contributed by atoms with E-state index in [1.807, 2.05) is 0 Å². The van der Waals surface area contributed by atoms with Crippen molar-refractivity contribution in [2.75, 3.05) is 13.1 Å². The highest BCUT2D eigenvalue weighted by molar-refractivity contribution is 5.90. The lowest BCUT2D eigenvalue weighted by atomic mass is 9.98. The van der Waals surface area contributed by atoms with Crippen molar-refractivity contribution in [3.63, 3.8) is 0 Å². The third kappa shape index (κ3) is 5.08. The van der Waals surface area contributed by atoms with Gasteiger partial charge in [-0.15, -0.1) is 0 Å². The number of nitrogens with two attached hydrogens (primary N) is 1. The molecule has 0 aromatic rings. The average Bonchev–Trinajstić information content (AvgIpc) is 2.90. The van der Waals surface area contributed by atoms with Crippen LogP contribution in [-0.2, 0) is 23.9 Å². The minimum absolute atomic E-state index is 0.173. The summed E-state index contributed by atoms with van der Waals surface area (Å²) in [5.41, 5.74) is 4.19. The molecular formula is C13H21N3O6. The van der Waals surface area contributed by atoms with Crippen LogP contribution in [0.4, 0.5) is 0 Å². The number of carbonyl (C=O) groups excluding carboxylic acids is 3. The normalized spacial score (nSPS) is 21.9. The van der Waals surface area contributed by atoms with E-state index in [-0.39, 0.29) is 12.8 Å². The maximum Gasteiger partial charge on any atom is 0.327 e. The van der Waals surface area contributed by atoms with Gasteiger partial charge in [0.05, 0.1) is 12.1 Å². The summed E-state index contributed by atoms with van der Waals surface area (Å²) < 4.78 is 4.33. The Hall–Kier alpha value is -2.00. The molecule has 5 N–H and O–H groups in total. The summed E-state index contributed by atoms with van der Waals surface area (Å²) >= 11 is 0. The van der Waals surface area contributed by atoms with E-state index < -0.39 is 41.9 Å². The van der Waals surface area contributed by atoms with E-state index in [0.717, 1.165) is 6.42 Å². The smallest absolute Gasteiger partial charge is 0.327 e. The Labute approximate surface area is 127 Å². The molecule has 0 radical (unpaired) electrons. The van der Waals surface area contributed by atoms with E-state index >= 15 is 0 Å². The first-order valence-electron chi connectivity index (χ1n) is 7.01. The Morgan fingerprint density at radius 1 is 1.36 bits per heavy atom. The maximum atomic E-state index is 12.1. The number of amides is 1. The van der Waals surface area contributed by atoms with Gasteiger partial charge in [0.2, 0.25) is 5.91 Å². The number of esters is 2. The fourth-order valence-electron chi connectivity index (χ4n) is 2.15. The standard InChI is InChI=1S/C13H21N3O6/c1-13(5-2-6-15-13)12(21)16-8(11(19)20)3-4-9(17)22-10(18)7-14/h8,15H,2-7,14H2,1H3,(H,16,21)(H,19,20)/t8-,13-/m0/s1. The zero-order valence-corrected chi connectivity index (χ0v) is 12.4. The molecule has 1 aliphatic rings. The molecule has 1 rings (SSSR count). The summed E-state index contributed by atoms with van der Waals surface area (Å²) in [5.74, 6) is -3.44. The number of hydrogen-bond donors (Lipinski definition) is 4. The molecule has 0 spiro atoms. The first-order valence-corrected chi connectivity index (χ1v) is 7.01. The molecule has 0 unspecified atom stereocenters. The molecule has 2 atom stereocenters. The van der Waals surface area contributed by atoms with Gasteiger partial charge in [-0.2, -0.15) is 0 Å². The summed E-state index contributed by atoms with van der Waals surface area (Å²) in [6.45, 7) is 1.95. The van der Waals surface area contributed by atoms with Gasteiger partial charge in [-0.25, -0.2) is 4.79 Å². The van der Waals surface area contributed by atoms with Crippen molar-refractivity contribution < 1.29 is 29.0 Å². The number of carbonyl (C=O) groups is 4. The Kier molecular flexibility index (Phi) is 6.44. The van der Waals surface area contributed by atoms with Crippen molar-refractivity contribution >= 4 is 23.8 Å². The highest BCUT2D eigenvalue weighted by atomic mass is 16.6. The van der Waals surface area contributed by atoms with Gasteiger partial charge < -0.3 is 26.2 Å². The third-order valence-corrected chi connectivity index (χ3v) is 3.50. The fraction of sp³-hybridized carbons (Fsp3) is 0.692. The van der Waals surface area contributed by atoms with Crippen LogP contribution in [0.25, 0.3) is 0 Å². The summed E-state index contributed by atoms with van der Waals surface area (Å²) in [7, 11) is 0.